The Bertz CT molecular complexity index is 451. The van der Waals surface area contributed by atoms with E-state index in [2.05, 4.69) is 48.4 Å². The fourth-order valence-electron chi connectivity index (χ4n) is 2.25. The third kappa shape index (κ3) is 3.58. The summed E-state index contributed by atoms with van der Waals surface area (Å²) in [6.07, 6.45) is 2.47. The van der Waals surface area contributed by atoms with Crippen LogP contribution in [0.3, 0.4) is 0 Å². The van der Waals surface area contributed by atoms with Gasteiger partial charge in [0.05, 0.1) is 12.1 Å². The molecule has 2 heterocycles. The number of nitrogen functional groups attached to an aromatic ring is 1. The van der Waals surface area contributed by atoms with Crippen LogP contribution in [-0.4, -0.2) is 28.7 Å². The van der Waals surface area contributed by atoms with Gasteiger partial charge in [-0.15, -0.1) is 0 Å². The Morgan fingerprint density at radius 1 is 1.35 bits per heavy atom. The normalized spacial score (nSPS) is 20.8. The van der Waals surface area contributed by atoms with Gasteiger partial charge >= 0.3 is 0 Å². The van der Waals surface area contributed by atoms with Crippen LogP contribution in [-0.2, 0) is 10.2 Å². The van der Waals surface area contributed by atoms with Crippen LogP contribution in [0.25, 0.3) is 0 Å². The molecule has 20 heavy (non-hydrogen) atoms. The molecule has 0 bridgehead atoms. The molecule has 1 fully saturated rings. The van der Waals surface area contributed by atoms with E-state index in [9.17, 15) is 0 Å². The summed E-state index contributed by atoms with van der Waals surface area (Å²) in [5, 5.41) is 3.40. The maximum absolute atomic E-state index is 5.69. The third-order valence-electron chi connectivity index (χ3n) is 3.44. The van der Waals surface area contributed by atoms with Crippen molar-refractivity contribution in [2.24, 2.45) is 5.84 Å². The first-order chi connectivity index (χ1) is 9.40. The Balaban J connectivity index is 2.17. The molecule has 2 atom stereocenters. The maximum atomic E-state index is 5.69. The first-order valence-electron chi connectivity index (χ1n) is 7.14. The Kier molecular flexibility index (Phi) is 4.45. The summed E-state index contributed by atoms with van der Waals surface area (Å²) >= 11 is 0. The average Bonchev–Trinajstić information content (AvgIpc) is 2.91. The van der Waals surface area contributed by atoms with Gasteiger partial charge in [0.2, 0.25) is 0 Å². The van der Waals surface area contributed by atoms with Crippen molar-refractivity contribution in [1.82, 2.24) is 9.97 Å². The van der Waals surface area contributed by atoms with E-state index in [0.717, 1.165) is 31.1 Å². The Hall–Kier alpha value is -1.40. The molecule has 1 aromatic heterocycles. The maximum Gasteiger partial charge on any atom is 0.145 e. The summed E-state index contributed by atoms with van der Waals surface area (Å²) in [7, 11) is 0. The van der Waals surface area contributed by atoms with Crippen molar-refractivity contribution in [2.45, 2.75) is 58.1 Å². The zero-order valence-corrected chi connectivity index (χ0v) is 12.7. The van der Waals surface area contributed by atoms with Gasteiger partial charge in [0.1, 0.15) is 17.5 Å². The zero-order chi connectivity index (χ0) is 14.8. The monoisotopic (exact) mass is 279 g/mol. The van der Waals surface area contributed by atoms with Gasteiger partial charge in [0.15, 0.2) is 0 Å². The van der Waals surface area contributed by atoms with E-state index in [4.69, 9.17) is 10.6 Å². The second-order valence-electron chi connectivity index (χ2n) is 6.34. The first kappa shape index (κ1) is 15.0. The van der Waals surface area contributed by atoms with Crippen molar-refractivity contribution in [3.8, 4) is 0 Å². The summed E-state index contributed by atoms with van der Waals surface area (Å²) in [6, 6.07) is 2.03. The molecular weight excluding hydrogens is 254 g/mol. The molecule has 2 unspecified atom stereocenters. The van der Waals surface area contributed by atoms with Gasteiger partial charge in [0.25, 0.3) is 0 Å². The SMILES string of the molecule is CC(Nc1cc(NN)nc(C(C)(C)C)n1)C1CCCO1. The van der Waals surface area contributed by atoms with Crippen molar-refractivity contribution in [3.05, 3.63) is 11.9 Å². The summed E-state index contributed by atoms with van der Waals surface area (Å²) in [5.74, 6) is 7.65. The first-order valence-corrected chi connectivity index (χ1v) is 7.14. The van der Waals surface area contributed by atoms with E-state index >= 15 is 0 Å². The molecule has 0 spiro atoms. The fourth-order valence-corrected chi connectivity index (χ4v) is 2.25. The van der Waals surface area contributed by atoms with Crippen LogP contribution in [0.1, 0.15) is 46.4 Å². The van der Waals surface area contributed by atoms with Crippen LogP contribution >= 0.6 is 0 Å². The molecule has 112 valence electrons. The quantitative estimate of drug-likeness (QED) is 0.577. The van der Waals surface area contributed by atoms with Gasteiger partial charge in [0, 0.05) is 18.1 Å². The van der Waals surface area contributed by atoms with E-state index in [1.165, 1.54) is 0 Å². The number of hydrazine groups is 1. The smallest absolute Gasteiger partial charge is 0.145 e. The molecule has 0 amide bonds. The highest BCUT2D eigenvalue weighted by molar-refractivity contribution is 5.48. The fraction of sp³-hybridized carbons (Fsp3) is 0.714. The van der Waals surface area contributed by atoms with Gasteiger partial charge in [-0.05, 0) is 19.8 Å². The minimum Gasteiger partial charge on any atom is -0.376 e. The van der Waals surface area contributed by atoms with E-state index in [1.807, 2.05) is 6.07 Å². The summed E-state index contributed by atoms with van der Waals surface area (Å²) < 4.78 is 5.69. The highest BCUT2D eigenvalue weighted by Crippen LogP contribution is 2.23. The average molecular weight is 279 g/mol. The number of ether oxygens (including phenoxy) is 1. The van der Waals surface area contributed by atoms with Gasteiger partial charge in [-0.3, -0.25) is 0 Å². The van der Waals surface area contributed by atoms with Crippen molar-refractivity contribution in [3.63, 3.8) is 0 Å². The molecular formula is C14H25N5O. The molecule has 0 radical (unpaired) electrons. The van der Waals surface area contributed by atoms with Crippen LogP contribution < -0.4 is 16.6 Å². The van der Waals surface area contributed by atoms with Crippen molar-refractivity contribution >= 4 is 11.6 Å². The minimum absolute atomic E-state index is 0.129. The summed E-state index contributed by atoms with van der Waals surface area (Å²) in [6.45, 7) is 9.20. The Morgan fingerprint density at radius 3 is 2.60 bits per heavy atom. The predicted molar refractivity (Wildman–Crippen MR) is 80.6 cm³/mol. The summed E-state index contributed by atoms with van der Waals surface area (Å²) in [5.41, 5.74) is 2.47. The van der Waals surface area contributed by atoms with Crippen molar-refractivity contribution < 1.29 is 4.74 Å². The topological polar surface area (TPSA) is 85.1 Å². The molecule has 6 nitrogen and oxygen atoms in total. The van der Waals surface area contributed by atoms with E-state index in [1.54, 1.807) is 0 Å². The largest absolute Gasteiger partial charge is 0.376 e. The highest BCUT2D eigenvalue weighted by Gasteiger charge is 2.24. The Morgan fingerprint density at radius 2 is 2.05 bits per heavy atom. The second kappa shape index (κ2) is 5.93. The van der Waals surface area contributed by atoms with Crippen LogP contribution in [0, 0.1) is 0 Å². The van der Waals surface area contributed by atoms with Crippen LogP contribution in [0.2, 0.25) is 0 Å². The lowest BCUT2D eigenvalue weighted by atomic mass is 9.96. The molecule has 2 rings (SSSR count). The lowest BCUT2D eigenvalue weighted by Gasteiger charge is -2.23. The van der Waals surface area contributed by atoms with Crippen LogP contribution in [0.5, 0.6) is 0 Å². The van der Waals surface area contributed by atoms with Gasteiger partial charge in [-0.1, -0.05) is 20.8 Å². The molecule has 0 aliphatic carbocycles. The molecule has 1 aromatic rings. The number of nitrogens with two attached hydrogens (primary N) is 1. The van der Waals surface area contributed by atoms with Crippen LogP contribution in [0.4, 0.5) is 11.6 Å². The summed E-state index contributed by atoms with van der Waals surface area (Å²) in [4.78, 5) is 9.00. The number of aromatic nitrogens is 2. The number of nitrogens with zero attached hydrogens (tertiary/aromatic N) is 2. The zero-order valence-electron chi connectivity index (χ0n) is 12.7. The third-order valence-corrected chi connectivity index (χ3v) is 3.44. The van der Waals surface area contributed by atoms with Gasteiger partial charge < -0.3 is 15.5 Å². The van der Waals surface area contributed by atoms with E-state index in [0.29, 0.717) is 5.82 Å². The molecule has 1 saturated heterocycles. The van der Waals surface area contributed by atoms with Gasteiger partial charge in [-0.25, -0.2) is 15.8 Å². The number of hydrogen-bond donors (Lipinski definition) is 3. The second-order valence-corrected chi connectivity index (χ2v) is 6.34. The van der Waals surface area contributed by atoms with E-state index < -0.39 is 0 Å². The standard InChI is InChI=1S/C14H25N5O/c1-9(10-6-5-7-20-10)16-11-8-12(19-15)18-13(17-11)14(2,3)4/h8-10H,5-7,15H2,1-4H3,(H2,16,17,18,19). The van der Waals surface area contributed by atoms with Gasteiger partial charge in [-0.2, -0.15) is 0 Å². The molecule has 0 saturated carbocycles. The van der Waals surface area contributed by atoms with Crippen molar-refractivity contribution in [1.29, 1.82) is 0 Å². The molecule has 6 heteroatoms. The number of anilines is 2. The highest BCUT2D eigenvalue weighted by atomic mass is 16.5. The molecule has 0 aromatic carbocycles. The number of nitrogens with one attached hydrogen (secondary N) is 2. The minimum atomic E-state index is -0.129. The van der Waals surface area contributed by atoms with Crippen molar-refractivity contribution in [2.75, 3.05) is 17.3 Å². The molecule has 1 aliphatic rings. The predicted octanol–water partition coefficient (Wildman–Crippen LogP) is 2.04. The lowest BCUT2D eigenvalue weighted by molar-refractivity contribution is 0.0995. The number of rotatable bonds is 4. The van der Waals surface area contributed by atoms with Crippen LogP contribution in [0.15, 0.2) is 6.07 Å². The molecule has 1 aliphatic heterocycles. The number of hydrogen-bond acceptors (Lipinski definition) is 6. The lowest BCUT2D eigenvalue weighted by Crippen LogP contribution is -2.31. The van der Waals surface area contributed by atoms with E-state index in [-0.39, 0.29) is 17.6 Å². The molecule has 4 N–H and O–H groups in total. The Labute approximate surface area is 120 Å².